The second kappa shape index (κ2) is 5.86. The summed E-state index contributed by atoms with van der Waals surface area (Å²) in [7, 11) is 0. The molecular weight excluding hydrogens is 232 g/mol. The van der Waals surface area contributed by atoms with Gasteiger partial charge in [-0.3, -0.25) is 4.68 Å². The van der Waals surface area contributed by atoms with Crippen molar-refractivity contribution in [2.75, 3.05) is 11.9 Å². The minimum atomic E-state index is -0.214. The summed E-state index contributed by atoms with van der Waals surface area (Å²) >= 11 is 0. The molecule has 1 aliphatic rings. The molecule has 6 nitrogen and oxygen atoms in total. The monoisotopic (exact) mass is 252 g/mol. The molecule has 0 aliphatic carbocycles. The van der Waals surface area contributed by atoms with Crippen LogP contribution < -0.4 is 10.6 Å². The second-order valence-corrected chi connectivity index (χ2v) is 4.52. The summed E-state index contributed by atoms with van der Waals surface area (Å²) in [4.78, 5) is 11.8. The van der Waals surface area contributed by atoms with Crippen LogP contribution in [0.2, 0.25) is 0 Å². The Bertz CT molecular complexity index is 399. The minimum Gasteiger partial charge on any atom is -0.376 e. The lowest BCUT2D eigenvalue weighted by Crippen LogP contribution is -2.42. The van der Waals surface area contributed by atoms with E-state index in [2.05, 4.69) is 15.7 Å². The van der Waals surface area contributed by atoms with Crippen molar-refractivity contribution in [2.45, 2.75) is 45.4 Å². The highest BCUT2D eigenvalue weighted by atomic mass is 16.5. The van der Waals surface area contributed by atoms with Crippen molar-refractivity contribution in [1.82, 2.24) is 15.1 Å². The summed E-state index contributed by atoms with van der Waals surface area (Å²) < 4.78 is 7.29. The molecule has 1 fully saturated rings. The predicted octanol–water partition coefficient (Wildman–Crippen LogP) is 1.59. The number of urea groups is 1. The molecule has 0 bridgehead atoms. The average molecular weight is 252 g/mol. The maximum absolute atomic E-state index is 11.8. The Kier molecular flexibility index (Phi) is 4.19. The van der Waals surface area contributed by atoms with Gasteiger partial charge in [0.05, 0.1) is 24.0 Å². The Labute approximate surface area is 107 Å². The van der Waals surface area contributed by atoms with Gasteiger partial charge >= 0.3 is 6.03 Å². The zero-order valence-corrected chi connectivity index (χ0v) is 10.8. The molecular formula is C12H20N4O2. The number of nitrogens with zero attached hydrogens (tertiary/aromatic N) is 2. The fourth-order valence-corrected chi connectivity index (χ4v) is 2.06. The summed E-state index contributed by atoms with van der Waals surface area (Å²) in [6.07, 6.45) is 5.65. The third-order valence-corrected chi connectivity index (χ3v) is 3.10. The van der Waals surface area contributed by atoms with E-state index in [1.54, 1.807) is 17.1 Å². The van der Waals surface area contributed by atoms with Gasteiger partial charge in [0, 0.05) is 19.3 Å². The van der Waals surface area contributed by atoms with Gasteiger partial charge in [-0.2, -0.15) is 5.10 Å². The molecule has 100 valence electrons. The first-order valence-electron chi connectivity index (χ1n) is 6.40. The van der Waals surface area contributed by atoms with E-state index in [4.69, 9.17) is 4.74 Å². The Morgan fingerprint density at radius 1 is 1.72 bits per heavy atom. The fourth-order valence-electron chi connectivity index (χ4n) is 2.06. The molecule has 6 heteroatoms. The topological polar surface area (TPSA) is 68.2 Å². The van der Waals surface area contributed by atoms with Crippen LogP contribution in [-0.4, -0.2) is 34.6 Å². The maximum Gasteiger partial charge on any atom is 0.319 e. The van der Waals surface area contributed by atoms with Gasteiger partial charge in [-0.25, -0.2) is 4.79 Å². The molecule has 2 unspecified atom stereocenters. The van der Waals surface area contributed by atoms with Crippen LogP contribution in [0.1, 0.15) is 26.7 Å². The van der Waals surface area contributed by atoms with Crippen molar-refractivity contribution in [3.05, 3.63) is 12.4 Å². The number of hydrogen-bond donors (Lipinski definition) is 2. The van der Waals surface area contributed by atoms with E-state index in [1.807, 2.05) is 13.8 Å². The van der Waals surface area contributed by atoms with Crippen molar-refractivity contribution in [2.24, 2.45) is 0 Å². The molecule has 1 aliphatic heterocycles. The molecule has 0 saturated carbocycles. The van der Waals surface area contributed by atoms with Crippen molar-refractivity contribution in [1.29, 1.82) is 0 Å². The Balaban J connectivity index is 1.80. The first-order valence-corrected chi connectivity index (χ1v) is 6.40. The van der Waals surface area contributed by atoms with Crippen LogP contribution in [0.3, 0.4) is 0 Å². The first-order chi connectivity index (χ1) is 8.69. The van der Waals surface area contributed by atoms with Crippen LogP contribution >= 0.6 is 0 Å². The number of amides is 2. The van der Waals surface area contributed by atoms with Crippen LogP contribution in [0, 0.1) is 0 Å². The van der Waals surface area contributed by atoms with Gasteiger partial charge in [0.1, 0.15) is 0 Å². The molecule has 0 radical (unpaired) electrons. The van der Waals surface area contributed by atoms with Gasteiger partial charge in [0.25, 0.3) is 0 Å². The normalized spacial score (nSPS) is 20.7. The van der Waals surface area contributed by atoms with E-state index in [-0.39, 0.29) is 18.2 Å². The van der Waals surface area contributed by atoms with Gasteiger partial charge in [-0.15, -0.1) is 0 Å². The molecule has 1 aromatic rings. The smallest absolute Gasteiger partial charge is 0.319 e. The zero-order valence-electron chi connectivity index (χ0n) is 10.8. The van der Waals surface area contributed by atoms with Gasteiger partial charge in [-0.1, -0.05) is 0 Å². The number of carbonyl (C=O) groups is 1. The number of rotatable bonds is 4. The molecule has 2 N–H and O–H groups in total. The van der Waals surface area contributed by atoms with E-state index in [9.17, 15) is 4.79 Å². The second-order valence-electron chi connectivity index (χ2n) is 4.52. The molecule has 2 heterocycles. The number of ether oxygens (including phenoxy) is 1. The Hall–Kier alpha value is -1.56. The summed E-state index contributed by atoms with van der Waals surface area (Å²) in [6.45, 7) is 5.54. The van der Waals surface area contributed by atoms with Crippen LogP contribution in [0.4, 0.5) is 10.5 Å². The van der Waals surface area contributed by atoms with Crippen LogP contribution in [0.5, 0.6) is 0 Å². The number of nitrogens with one attached hydrogen (secondary N) is 2. The molecule has 2 atom stereocenters. The Morgan fingerprint density at radius 3 is 3.17 bits per heavy atom. The summed E-state index contributed by atoms with van der Waals surface area (Å²) in [6, 6.07) is -0.192. The lowest BCUT2D eigenvalue weighted by molar-refractivity contribution is 0.0868. The molecule has 1 aromatic heterocycles. The third-order valence-electron chi connectivity index (χ3n) is 3.10. The van der Waals surface area contributed by atoms with E-state index in [1.165, 1.54) is 0 Å². The summed E-state index contributed by atoms with van der Waals surface area (Å²) in [5, 5.41) is 9.74. The van der Waals surface area contributed by atoms with E-state index in [0.29, 0.717) is 5.69 Å². The number of aryl methyl sites for hydroxylation is 1. The minimum absolute atomic E-state index is 0.0220. The summed E-state index contributed by atoms with van der Waals surface area (Å²) in [5.41, 5.74) is 0.703. The molecule has 2 amide bonds. The van der Waals surface area contributed by atoms with Gasteiger partial charge in [0.2, 0.25) is 0 Å². The van der Waals surface area contributed by atoms with Crippen LogP contribution in [0.25, 0.3) is 0 Å². The molecule has 1 saturated heterocycles. The quantitative estimate of drug-likeness (QED) is 0.855. The first kappa shape index (κ1) is 12.9. The van der Waals surface area contributed by atoms with Crippen LogP contribution in [0.15, 0.2) is 12.4 Å². The van der Waals surface area contributed by atoms with Crippen molar-refractivity contribution >= 4 is 11.7 Å². The number of carbonyl (C=O) groups excluding carboxylic acids is 1. The van der Waals surface area contributed by atoms with Crippen molar-refractivity contribution in [3.8, 4) is 0 Å². The lowest BCUT2D eigenvalue weighted by atomic mass is 10.1. The highest BCUT2D eigenvalue weighted by molar-refractivity contribution is 5.89. The average Bonchev–Trinajstić information content (AvgIpc) is 2.98. The van der Waals surface area contributed by atoms with E-state index in [0.717, 1.165) is 26.0 Å². The lowest BCUT2D eigenvalue weighted by Gasteiger charge is -2.19. The van der Waals surface area contributed by atoms with Gasteiger partial charge in [-0.05, 0) is 26.7 Å². The maximum atomic E-state index is 11.8. The fraction of sp³-hybridized carbons (Fsp3) is 0.667. The highest BCUT2D eigenvalue weighted by Crippen LogP contribution is 2.15. The van der Waals surface area contributed by atoms with Crippen LogP contribution in [-0.2, 0) is 11.3 Å². The Morgan fingerprint density at radius 2 is 2.56 bits per heavy atom. The molecule has 0 aromatic carbocycles. The van der Waals surface area contributed by atoms with Gasteiger partial charge in [0.15, 0.2) is 0 Å². The highest BCUT2D eigenvalue weighted by Gasteiger charge is 2.23. The molecule has 0 spiro atoms. The third kappa shape index (κ3) is 3.22. The van der Waals surface area contributed by atoms with Crippen molar-refractivity contribution < 1.29 is 9.53 Å². The standard InChI is InChI=1S/C12H20N4O2/c1-3-16-8-10(7-13-16)15-12(17)14-9(2)11-5-4-6-18-11/h7-9,11H,3-6H2,1-2H3,(H2,14,15,17). The molecule has 18 heavy (non-hydrogen) atoms. The SMILES string of the molecule is CCn1cc(NC(=O)NC(C)C2CCCO2)cn1. The number of anilines is 1. The van der Waals surface area contributed by atoms with E-state index >= 15 is 0 Å². The number of hydrogen-bond acceptors (Lipinski definition) is 3. The van der Waals surface area contributed by atoms with Gasteiger partial charge < -0.3 is 15.4 Å². The predicted molar refractivity (Wildman–Crippen MR) is 68.5 cm³/mol. The number of aromatic nitrogens is 2. The zero-order chi connectivity index (χ0) is 13.0. The van der Waals surface area contributed by atoms with E-state index < -0.39 is 0 Å². The largest absolute Gasteiger partial charge is 0.376 e. The van der Waals surface area contributed by atoms with Crippen molar-refractivity contribution in [3.63, 3.8) is 0 Å². The molecule has 2 rings (SSSR count). The summed E-state index contributed by atoms with van der Waals surface area (Å²) in [5.74, 6) is 0.